The number of β-amino-alcohol motifs (C(OH)–C–C–N with tert-alkyl or cyclic N) is 1. The molecule has 1 saturated heterocycles. The Bertz CT molecular complexity index is 432. The van der Waals surface area contributed by atoms with Crippen LogP contribution in [0.5, 0.6) is 0 Å². The van der Waals surface area contributed by atoms with Gasteiger partial charge in [0.2, 0.25) is 0 Å². The zero-order chi connectivity index (χ0) is 17.0. The third kappa shape index (κ3) is 5.22. The largest absolute Gasteiger partial charge is 0.445 e. The Morgan fingerprint density at radius 1 is 1.50 bits per heavy atom. The van der Waals surface area contributed by atoms with Crippen molar-refractivity contribution in [2.24, 2.45) is 0 Å². The Balaban J connectivity index is 2.56. The number of hydrogen-bond donors (Lipinski definition) is 2. The van der Waals surface area contributed by atoms with Gasteiger partial charge in [0.05, 0.1) is 12.6 Å². The SMILES string of the molecule is C=CCOC(=O)NC(C)C1(O)CCN(C(=O)OC(C)(C)C)C1. The number of nitrogens with one attached hydrogen (secondary N) is 1. The molecule has 1 aliphatic heterocycles. The Hall–Kier alpha value is -1.76. The molecule has 0 spiro atoms. The third-order valence-corrected chi connectivity index (χ3v) is 3.40. The molecule has 2 amide bonds. The van der Waals surface area contributed by atoms with Crippen molar-refractivity contribution in [2.75, 3.05) is 19.7 Å². The van der Waals surface area contributed by atoms with E-state index in [9.17, 15) is 14.7 Å². The Morgan fingerprint density at radius 3 is 2.68 bits per heavy atom. The monoisotopic (exact) mass is 314 g/mol. The predicted octanol–water partition coefficient (Wildman–Crippen LogP) is 1.66. The summed E-state index contributed by atoms with van der Waals surface area (Å²) in [6, 6.07) is -0.558. The van der Waals surface area contributed by atoms with Gasteiger partial charge in [0, 0.05) is 6.54 Å². The Kier molecular flexibility index (Phi) is 5.82. The maximum Gasteiger partial charge on any atom is 0.410 e. The first-order chi connectivity index (χ1) is 10.1. The first kappa shape index (κ1) is 18.3. The zero-order valence-electron chi connectivity index (χ0n) is 13.7. The summed E-state index contributed by atoms with van der Waals surface area (Å²) in [4.78, 5) is 25.0. The summed E-state index contributed by atoms with van der Waals surface area (Å²) >= 11 is 0. The molecule has 0 aliphatic carbocycles. The van der Waals surface area contributed by atoms with E-state index in [1.165, 1.54) is 11.0 Å². The van der Waals surface area contributed by atoms with Crippen molar-refractivity contribution in [3.8, 4) is 0 Å². The Morgan fingerprint density at radius 2 is 2.14 bits per heavy atom. The van der Waals surface area contributed by atoms with Crippen molar-refractivity contribution in [3.63, 3.8) is 0 Å². The van der Waals surface area contributed by atoms with Crippen molar-refractivity contribution < 1.29 is 24.2 Å². The van der Waals surface area contributed by atoms with Gasteiger partial charge < -0.3 is 24.8 Å². The molecule has 2 unspecified atom stereocenters. The van der Waals surface area contributed by atoms with E-state index in [1.54, 1.807) is 27.7 Å². The number of ether oxygens (including phenoxy) is 2. The number of alkyl carbamates (subject to hydrolysis) is 1. The summed E-state index contributed by atoms with van der Waals surface area (Å²) in [7, 11) is 0. The van der Waals surface area contributed by atoms with E-state index in [-0.39, 0.29) is 13.2 Å². The van der Waals surface area contributed by atoms with Crippen LogP contribution in [0.25, 0.3) is 0 Å². The molecule has 0 saturated carbocycles. The fourth-order valence-electron chi connectivity index (χ4n) is 2.14. The molecule has 2 N–H and O–H groups in total. The molecule has 1 heterocycles. The van der Waals surface area contributed by atoms with Crippen LogP contribution in [0.2, 0.25) is 0 Å². The number of carbonyl (C=O) groups excluding carboxylic acids is 2. The molecule has 2 atom stereocenters. The van der Waals surface area contributed by atoms with E-state index >= 15 is 0 Å². The van der Waals surface area contributed by atoms with Gasteiger partial charge in [0.1, 0.15) is 17.8 Å². The molecule has 0 aromatic carbocycles. The molecular weight excluding hydrogens is 288 g/mol. The number of carbonyl (C=O) groups is 2. The first-order valence-corrected chi connectivity index (χ1v) is 7.32. The summed E-state index contributed by atoms with van der Waals surface area (Å²) in [6.07, 6.45) is 0.717. The van der Waals surface area contributed by atoms with Crippen LogP contribution in [0, 0.1) is 0 Å². The highest BCUT2D eigenvalue weighted by molar-refractivity contribution is 5.69. The van der Waals surface area contributed by atoms with Gasteiger partial charge in [0.15, 0.2) is 0 Å². The molecule has 126 valence electrons. The second-order valence-corrected chi connectivity index (χ2v) is 6.51. The van der Waals surface area contributed by atoms with Crippen molar-refractivity contribution >= 4 is 12.2 Å². The highest BCUT2D eigenvalue weighted by atomic mass is 16.6. The number of hydrogen-bond acceptors (Lipinski definition) is 5. The van der Waals surface area contributed by atoms with Crippen LogP contribution in [0.15, 0.2) is 12.7 Å². The van der Waals surface area contributed by atoms with Crippen LogP contribution in [0.1, 0.15) is 34.1 Å². The molecule has 0 radical (unpaired) electrons. The smallest absolute Gasteiger partial charge is 0.410 e. The van der Waals surface area contributed by atoms with Gasteiger partial charge in [-0.25, -0.2) is 9.59 Å². The van der Waals surface area contributed by atoms with Crippen LogP contribution in [-0.2, 0) is 9.47 Å². The fourth-order valence-corrected chi connectivity index (χ4v) is 2.14. The number of amides is 2. The maximum atomic E-state index is 12.0. The summed E-state index contributed by atoms with van der Waals surface area (Å²) in [5.41, 5.74) is -1.79. The summed E-state index contributed by atoms with van der Waals surface area (Å²) in [5.74, 6) is 0. The summed E-state index contributed by atoms with van der Waals surface area (Å²) < 4.78 is 10.1. The molecular formula is C15H26N2O5. The molecule has 7 nitrogen and oxygen atoms in total. The van der Waals surface area contributed by atoms with Crippen LogP contribution in [0.3, 0.4) is 0 Å². The van der Waals surface area contributed by atoms with Crippen molar-refractivity contribution in [3.05, 3.63) is 12.7 Å². The molecule has 0 bridgehead atoms. The summed E-state index contributed by atoms with van der Waals surface area (Å²) in [6.45, 7) is 11.1. The third-order valence-electron chi connectivity index (χ3n) is 3.40. The van der Waals surface area contributed by atoms with Crippen LogP contribution < -0.4 is 5.32 Å². The molecule has 0 aromatic rings. The number of nitrogens with zero attached hydrogens (tertiary/aromatic N) is 1. The van der Waals surface area contributed by atoms with E-state index in [2.05, 4.69) is 11.9 Å². The van der Waals surface area contributed by atoms with Crippen molar-refractivity contribution in [1.82, 2.24) is 10.2 Å². The highest BCUT2D eigenvalue weighted by Crippen LogP contribution is 2.26. The van der Waals surface area contributed by atoms with Gasteiger partial charge in [-0.1, -0.05) is 12.7 Å². The van der Waals surface area contributed by atoms with Gasteiger partial charge in [-0.15, -0.1) is 0 Å². The molecule has 1 fully saturated rings. The topological polar surface area (TPSA) is 88.1 Å². The highest BCUT2D eigenvalue weighted by Gasteiger charge is 2.44. The van der Waals surface area contributed by atoms with Crippen molar-refractivity contribution in [2.45, 2.75) is 51.4 Å². The molecule has 1 rings (SSSR count). The van der Waals surface area contributed by atoms with Crippen LogP contribution >= 0.6 is 0 Å². The minimum atomic E-state index is -1.20. The molecule has 22 heavy (non-hydrogen) atoms. The predicted molar refractivity (Wildman–Crippen MR) is 81.5 cm³/mol. The average Bonchev–Trinajstić information content (AvgIpc) is 2.78. The Labute approximate surface area is 131 Å². The van der Waals surface area contributed by atoms with Gasteiger partial charge >= 0.3 is 12.2 Å². The fraction of sp³-hybridized carbons (Fsp3) is 0.733. The number of aliphatic hydroxyl groups is 1. The minimum Gasteiger partial charge on any atom is -0.445 e. The maximum absolute atomic E-state index is 12.0. The lowest BCUT2D eigenvalue weighted by atomic mass is 9.95. The summed E-state index contributed by atoms with van der Waals surface area (Å²) in [5, 5.41) is 13.2. The standard InChI is InChI=1S/C15H26N2O5/c1-6-9-21-12(18)16-11(2)15(20)7-8-17(10-15)13(19)22-14(3,4)5/h6,11,20H,1,7-10H2,2-5H3,(H,16,18). The lowest BCUT2D eigenvalue weighted by Crippen LogP contribution is -2.53. The lowest BCUT2D eigenvalue weighted by molar-refractivity contribution is 0.00200. The van der Waals surface area contributed by atoms with E-state index < -0.39 is 29.4 Å². The normalized spacial score (nSPS) is 22.9. The van der Waals surface area contributed by atoms with Crippen molar-refractivity contribution in [1.29, 1.82) is 0 Å². The average molecular weight is 314 g/mol. The minimum absolute atomic E-state index is 0.0982. The quantitative estimate of drug-likeness (QED) is 0.771. The van der Waals surface area contributed by atoms with Crippen LogP contribution in [-0.4, -0.2) is 59.1 Å². The second-order valence-electron chi connectivity index (χ2n) is 6.51. The van der Waals surface area contributed by atoms with Gasteiger partial charge in [-0.05, 0) is 34.1 Å². The molecule has 7 heteroatoms. The van der Waals surface area contributed by atoms with E-state index in [0.717, 1.165) is 0 Å². The second kappa shape index (κ2) is 7.00. The zero-order valence-corrected chi connectivity index (χ0v) is 13.7. The molecule has 1 aliphatic rings. The van der Waals surface area contributed by atoms with Gasteiger partial charge in [-0.2, -0.15) is 0 Å². The van der Waals surface area contributed by atoms with Gasteiger partial charge in [-0.3, -0.25) is 0 Å². The number of likely N-dealkylation sites (tertiary alicyclic amines) is 1. The number of rotatable bonds is 4. The van der Waals surface area contributed by atoms with Crippen LogP contribution in [0.4, 0.5) is 9.59 Å². The van der Waals surface area contributed by atoms with E-state index in [1.807, 2.05) is 0 Å². The molecule has 0 aromatic heterocycles. The van der Waals surface area contributed by atoms with E-state index in [0.29, 0.717) is 13.0 Å². The lowest BCUT2D eigenvalue weighted by Gasteiger charge is -2.30. The van der Waals surface area contributed by atoms with Gasteiger partial charge in [0.25, 0.3) is 0 Å². The van der Waals surface area contributed by atoms with E-state index in [4.69, 9.17) is 9.47 Å². The first-order valence-electron chi connectivity index (χ1n) is 7.32.